The van der Waals surface area contributed by atoms with E-state index in [1.165, 1.54) is 5.56 Å². The Hall–Kier alpha value is -2.54. The van der Waals surface area contributed by atoms with Crippen LogP contribution in [0.3, 0.4) is 0 Å². The van der Waals surface area contributed by atoms with Gasteiger partial charge in [0.1, 0.15) is 36.1 Å². The fourth-order valence-electron chi connectivity index (χ4n) is 4.89. The second kappa shape index (κ2) is 11.7. The predicted molar refractivity (Wildman–Crippen MR) is 144 cm³/mol. The van der Waals surface area contributed by atoms with Crippen LogP contribution < -0.4 is 9.47 Å². The Morgan fingerprint density at radius 2 is 1.81 bits per heavy atom. The van der Waals surface area contributed by atoms with Crippen molar-refractivity contribution in [3.63, 3.8) is 0 Å². The van der Waals surface area contributed by atoms with E-state index in [2.05, 4.69) is 40.4 Å². The molecular formula is C29H38ClN3O3. The number of benzene rings is 2. The van der Waals surface area contributed by atoms with Crippen LogP contribution in [0.4, 0.5) is 0 Å². The standard InChI is InChI=1S/C29H38ClN3O3/c1-21(2)28-31-11-13-33(28)14-15-35-25-8-6-24(7-9-25)18-32-12-5-10-29(34,19-32)20-36-26-16-22(3)27(30)23(4)17-26/h6-9,11,13,16-17,21,34H,5,10,12,14-15,18-20H2,1-4H3. The van der Waals surface area contributed by atoms with Gasteiger partial charge in [0.15, 0.2) is 0 Å². The lowest BCUT2D eigenvalue weighted by Crippen LogP contribution is -2.51. The van der Waals surface area contributed by atoms with Gasteiger partial charge in [-0.15, -0.1) is 0 Å². The molecule has 7 heteroatoms. The first-order valence-electron chi connectivity index (χ1n) is 12.8. The molecule has 2 aromatic carbocycles. The van der Waals surface area contributed by atoms with Crippen molar-refractivity contribution in [2.45, 2.75) is 65.1 Å². The maximum atomic E-state index is 11.2. The molecule has 0 bridgehead atoms. The number of β-amino-alcohol motifs (C(OH)–C–C–N with tert-alkyl or cyclic N) is 1. The van der Waals surface area contributed by atoms with E-state index in [0.717, 1.165) is 65.9 Å². The molecule has 1 N–H and O–H groups in total. The van der Waals surface area contributed by atoms with Gasteiger partial charge in [-0.1, -0.05) is 37.6 Å². The summed E-state index contributed by atoms with van der Waals surface area (Å²) in [5.74, 6) is 3.09. The first-order valence-corrected chi connectivity index (χ1v) is 13.2. The number of rotatable bonds is 10. The van der Waals surface area contributed by atoms with E-state index in [0.29, 0.717) is 19.1 Å². The molecule has 6 nitrogen and oxygen atoms in total. The topological polar surface area (TPSA) is 59.8 Å². The van der Waals surface area contributed by atoms with E-state index in [1.807, 2.05) is 50.5 Å². The molecule has 2 heterocycles. The largest absolute Gasteiger partial charge is 0.492 e. The monoisotopic (exact) mass is 511 g/mol. The third-order valence-electron chi connectivity index (χ3n) is 6.75. The summed E-state index contributed by atoms with van der Waals surface area (Å²) in [6, 6.07) is 12.1. The zero-order valence-corrected chi connectivity index (χ0v) is 22.6. The van der Waals surface area contributed by atoms with E-state index in [9.17, 15) is 5.11 Å². The van der Waals surface area contributed by atoms with E-state index in [1.54, 1.807) is 0 Å². The summed E-state index contributed by atoms with van der Waals surface area (Å²) in [6.07, 6.45) is 5.52. The highest BCUT2D eigenvalue weighted by atomic mass is 35.5. The molecule has 0 saturated carbocycles. The second-order valence-corrected chi connectivity index (χ2v) is 10.7. The van der Waals surface area contributed by atoms with Crippen LogP contribution in [0.2, 0.25) is 5.02 Å². The van der Waals surface area contributed by atoms with Gasteiger partial charge in [0.25, 0.3) is 0 Å². The van der Waals surface area contributed by atoms with Gasteiger partial charge in [-0.3, -0.25) is 4.90 Å². The van der Waals surface area contributed by atoms with Crippen LogP contribution in [0.15, 0.2) is 48.8 Å². The average molecular weight is 512 g/mol. The molecule has 3 aromatic rings. The minimum Gasteiger partial charge on any atom is -0.492 e. The quantitative estimate of drug-likeness (QED) is 0.375. The normalized spacial score (nSPS) is 18.5. The summed E-state index contributed by atoms with van der Waals surface area (Å²) in [6.45, 7) is 12.2. The summed E-state index contributed by atoms with van der Waals surface area (Å²) in [5, 5.41) is 12.0. The summed E-state index contributed by atoms with van der Waals surface area (Å²) in [7, 11) is 0. The van der Waals surface area contributed by atoms with Crippen LogP contribution in [0.5, 0.6) is 11.5 Å². The zero-order chi connectivity index (χ0) is 25.7. The molecule has 1 saturated heterocycles. The number of imidazole rings is 1. The number of piperidine rings is 1. The Morgan fingerprint density at radius 3 is 2.50 bits per heavy atom. The summed E-state index contributed by atoms with van der Waals surface area (Å²) >= 11 is 6.27. The number of halogens is 1. The van der Waals surface area contributed by atoms with Crippen LogP contribution in [0, 0.1) is 13.8 Å². The van der Waals surface area contributed by atoms with Gasteiger partial charge >= 0.3 is 0 Å². The number of aromatic nitrogens is 2. The van der Waals surface area contributed by atoms with Crippen molar-refractivity contribution >= 4 is 11.6 Å². The number of nitrogens with zero attached hydrogens (tertiary/aromatic N) is 3. The van der Waals surface area contributed by atoms with Crippen molar-refractivity contribution < 1.29 is 14.6 Å². The van der Waals surface area contributed by atoms with Gasteiger partial charge < -0.3 is 19.1 Å². The van der Waals surface area contributed by atoms with Crippen LogP contribution >= 0.6 is 11.6 Å². The Balaban J connectivity index is 1.26. The number of hydrogen-bond acceptors (Lipinski definition) is 5. The fourth-order valence-corrected chi connectivity index (χ4v) is 5.00. The van der Waals surface area contributed by atoms with Crippen molar-refractivity contribution in [2.24, 2.45) is 0 Å². The number of ether oxygens (including phenoxy) is 2. The Kier molecular flexibility index (Phi) is 8.60. The average Bonchev–Trinajstić information content (AvgIpc) is 3.31. The van der Waals surface area contributed by atoms with Crippen molar-refractivity contribution in [1.82, 2.24) is 14.5 Å². The summed E-state index contributed by atoms with van der Waals surface area (Å²) in [5.41, 5.74) is 2.30. The number of likely N-dealkylation sites (tertiary alicyclic amines) is 1. The van der Waals surface area contributed by atoms with Gasteiger partial charge in [0.2, 0.25) is 0 Å². The van der Waals surface area contributed by atoms with Gasteiger partial charge in [-0.25, -0.2) is 4.98 Å². The van der Waals surface area contributed by atoms with Crippen molar-refractivity contribution in [3.05, 3.63) is 76.3 Å². The predicted octanol–water partition coefficient (Wildman–Crippen LogP) is 5.76. The number of aliphatic hydroxyl groups is 1. The number of hydrogen-bond donors (Lipinski definition) is 1. The minimum atomic E-state index is -0.870. The minimum absolute atomic E-state index is 0.270. The fraction of sp³-hybridized carbons (Fsp3) is 0.483. The lowest BCUT2D eigenvalue weighted by molar-refractivity contribution is -0.0621. The maximum absolute atomic E-state index is 11.2. The lowest BCUT2D eigenvalue weighted by Gasteiger charge is -2.39. The smallest absolute Gasteiger partial charge is 0.120 e. The molecular weight excluding hydrogens is 474 g/mol. The third-order valence-corrected chi connectivity index (χ3v) is 7.34. The van der Waals surface area contributed by atoms with Crippen LogP contribution in [-0.2, 0) is 13.1 Å². The van der Waals surface area contributed by atoms with Crippen LogP contribution in [0.25, 0.3) is 0 Å². The van der Waals surface area contributed by atoms with E-state index in [4.69, 9.17) is 21.1 Å². The summed E-state index contributed by atoms with van der Waals surface area (Å²) < 4.78 is 14.1. The molecule has 1 aliphatic rings. The maximum Gasteiger partial charge on any atom is 0.120 e. The molecule has 194 valence electrons. The molecule has 0 radical (unpaired) electrons. The van der Waals surface area contributed by atoms with Gasteiger partial charge in [0, 0.05) is 36.4 Å². The Morgan fingerprint density at radius 1 is 1.08 bits per heavy atom. The molecule has 1 aromatic heterocycles. The highest BCUT2D eigenvalue weighted by Gasteiger charge is 2.34. The van der Waals surface area contributed by atoms with E-state index >= 15 is 0 Å². The highest BCUT2D eigenvalue weighted by Crippen LogP contribution is 2.28. The SMILES string of the molecule is Cc1cc(OCC2(O)CCCN(Cc3ccc(OCCn4ccnc4C(C)C)cc3)C2)cc(C)c1Cl. The van der Waals surface area contributed by atoms with Crippen LogP contribution in [-0.4, -0.2) is 51.5 Å². The Labute approximate surface area is 219 Å². The molecule has 0 aliphatic carbocycles. The number of aryl methyl sites for hydroxylation is 2. The van der Waals surface area contributed by atoms with Crippen LogP contribution in [0.1, 0.15) is 55.1 Å². The third kappa shape index (κ3) is 6.81. The zero-order valence-electron chi connectivity index (χ0n) is 21.8. The highest BCUT2D eigenvalue weighted by molar-refractivity contribution is 6.32. The molecule has 1 unspecified atom stereocenters. The molecule has 1 atom stereocenters. The first-order chi connectivity index (χ1) is 17.2. The lowest BCUT2D eigenvalue weighted by atomic mass is 9.93. The van der Waals surface area contributed by atoms with Gasteiger partial charge in [-0.05, 0) is 74.2 Å². The second-order valence-electron chi connectivity index (χ2n) is 10.3. The van der Waals surface area contributed by atoms with E-state index < -0.39 is 5.60 Å². The van der Waals surface area contributed by atoms with Gasteiger partial charge in [0.05, 0.1) is 6.54 Å². The van der Waals surface area contributed by atoms with Gasteiger partial charge in [-0.2, -0.15) is 0 Å². The molecule has 1 aliphatic heterocycles. The molecule has 0 amide bonds. The molecule has 1 fully saturated rings. The summed E-state index contributed by atoms with van der Waals surface area (Å²) in [4.78, 5) is 6.73. The van der Waals surface area contributed by atoms with Crippen molar-refractivity contribution in [2.75, 3.05) is 26.3 Å². The molecule has 0 spiro atoms. The Bertz CT molecular complexity index is 1120. The molecule has 4 rings (SSSR count). The molecule has 36 heavy (non-hydrogen) atoms. The first kappa shape index (κ1) is 26.5. The van der Waals surface area contributed by atoms with Crippen molar-refractivity contribution in [3.8, 4) is 11.5 Å². The van der Waals surface area contributed by atoms with E-state index in [-0.39, 0.29) is 6.61 Å². The van der Waals surface area contributed by atoms with Crippen molar-refractivity contribution in [1.29, 1.82) is 0 Å².